The van der Waals surface area contributed by atoms with E-state index in [4.69, 9.17) is 9.47 Å². The van der Waals surface area contributed by atoms with Gasteiger partial charge < -0.3 is 19.7 Å². The minimum atomic E-state index is -3.14. The highest BCUT2D eigenvalue weighted by Crippen LogP contribution is 2.41. The van der Waals surface area contributed by atoms with Gasteiger partial charge in [-0.3, -0.25) is 4.79 Å². The Hall–Kier alpha value is -2.27. The van der Waals surface area contributed by atoms with Crippen LogP contribution in [0.25, 0.3) is 0 Å². The van der Waals surface area contributed by atoms with E-state index in [2.05, 4.69) is 10.3 Å². The fourth-order valence-electron chi connectivity index (χ4n) is 3.36. The molecule has 0 spiro atoms. The number of hydrogen-bond acceptors (Lipinski definition) is 7. The molecule has 0 bridgehead atoms. The fraction of sp³-hybridized carbons (Fsp3) is 0.550. The van der Waals surface area contributed by atoms with Crippen LogP contribution in [-0.2, 0) is 19.4 Å². The van der Waals surface area contributed by atoms with Gasteiger partial charge in [0.05, 0.1) is 24.7 Å². The third kappa shape index (κ3) is 6.13. The Kier molecular flexibility index (Phi) is 6.85. The van der Waals surface area contributed by atoms with Crippen molar-refractivity contribution < 1.29 is 27.5 Å². The van der Waals surface area contributed by atoms with Crippen molar-refractivity contribution in [3.8, 4) is 5.75 Å². The van der Waals surface area contributed by atoms with E-state index < -0.39 is 27.4 Å². The smallest absolute Gasteiger partial charge is 0.407 e. The molecule has 1 aromatic rings. The molecule has 1 N–H and O–H groups in total. The lowest BCUT2D eigenvalue weighted by Gasteiger charge is -2.24. The zero-order valence-corrected chi connectivity index (χ0v) is 19.6. The molecule has 3 rings (SSSR count). The summed E-state index contributed by atoms with van der Waals surface area (Å²) < 4.78 is 34.6. The molecular formula is C20H27N3O6S2. The summed E-state index contributed by atoms with van der Waals surface area (Å²) in [4.78, 5) is 30.2. The van der Waals surface area contributed by atoms with Crippen LogP contribution in [0.1, 0.15) is 27.2 Å². The number of methoxy groups -OCH3 is 1. The largest absolute Gasteiger partial charge is 0.497 e. The van der Waals surface area contributed by atoms with E-state index in [0.29, 0.717) is 10.9 Å². The van der Waals surface area contributed by atoms with E-state index in [1.165, 1.54) is 11.8 Å². The first-order chi connectivity index (χ1) is 14.5. The van der Waals surface area contributed by atoms with Gasteiger partial charge in [0.25, 0.3) is 0 Å². The standard InChI is InChI=1S/C20H27N3O6S2/c1-20(2,3)29-19(25)21-10-9-17(24)22-18-23(13-5-7-14(28-4)8-6-13)15-11-31(26,27)12-16(15)30-18/h5-8,15-16H,9-12H2,1-4H3,(H,21,25)/t15-,16-/m1/s1. The summed E-state index contributed by atoms with van der Waals surface area (Å²) in [5.74, 6) is 0.348. The van der Waals surface area contributed by atoms with E-state index in [1.807, 2.05) is 17.0 Å². The maximum Gasteiger partial charge on any atom is 0.407 e. The Morgan fingerprint density at radius 1 is 1.23 bits per heavy atom. The number of sulfone groups is 1. The summed E-state index contributed by atoms with van der Waals surface area (Å²) in [6, 6.07) is 6.91. The van der Waals surface area contributed by atoms with Crippen molar-refractivity contribution in [2.45, 2.75) is 44.1 Å². The first-order valence-electron chi connectivity index (χ1n) is 9.86. The van der Waals surface area contributed by atoms with Gasteiger partial charge in [0.15, 0.2) is 15.0 Å². The summed E-state index contributed by atoms with van der Waals surface area (Å²) in [5, 5.41) is 2.82. The number of amides is 2. The highest BCUT2D eigenvalue weighted by atomic mass is 32.2. The minimum absolute atomic E-state index is 0.00733. The quantitative estimate of drug-likeness (QED) is 0.698. The van der Waals surface area contributed by atoms with Gasteiger partial charge in [-0.25, -0.2) is 13.2 Å². The van der Waals surface area contributed by atoms with Crippen molar-refractivity contribution in [1.82, 2.24) is 5.32 Å². The lowest BCUT2D eigenvalue weighted by Crippen LogP contribution is -2.37. The number of thioether (sulfide) groups is 1. The van der Waals surface area contributed by atoms with Crippen molar-refractivity contribution in [2.75, 3.05) is 30.1 Å². The molecule has 2 atom stereocenters. The van der Waals surface area contributed by atoms with Gasteiger partial charge in [-0.1, -0.05) is 11.8 Å². The minimum Gasteiger partial charge on any atom is -0.497 e. The number of alkyl carbamates (subject to hydrolysis) is 1. The zero-order valence-electron chi connectivity index (χ0n) is 18.0. The summed E-state index contributed by atoms with van der Waals surface area (Å²) in [5.41, 5.74) is 0.127. The number of ether oxygens (including phenoxy) is 2. The van der Waals surface area contributed by atoms with Crippen LogP contribution in [0.5, 0.6) is 5.75 Å². The maximum absolute atomic E-state index is 12.4. The Bertz CT molecular complexity index is 970. The maximum atomic E-state index is 12.4. The predicted molar refractivity (Wildman–Crippen MR) is 121 cm³/mol. The second-order valence-electron chi connectivity index (χ2n) is 8.34. The molecule has 2 aliphatic rings. The van der Waals surface area contributed by atoms with Crippen molar-refractivity contribution in [2.24, 2.45) is 4.99 Å². The molecule has 2 heterocycles. The highest BCUT2D eigenvalue weighted by Gasteiger charge is 2.49. The second-order valence-corrected chi connectivity index (χ2v) is 11.7. The van der Waals surface area contributed by atoms with Gasteiger partial charge in [0.2, 0.25) is 5.91 Å². The Balaban J connectivity index is 1.71. The van der Waals surface area contributed by atoms with Gasteiger partial charge >= 0.3 is 6.09 Å². The number of nitrogens with zero attached hydrogens (tertiary/aromatic N) is 2. The van der Waals surface area contributed by atoms with Crippen LogP contribution in [-0.4, -0.2) is 67.6 Å². The summed E-state index contributed by atoms with van der Waals surface area (Å²) in [7, 11) is -1.57. The molecule has 0 aliphatic carbocycles. The van der Waals surface area contributed by atoms with E-state index in [1.54, 1.807) is 40.0 Å². The molecule has 170 valence electrons. The first-order valence-corrected chi connectivity index (χ1v) is 12.6. The third-order valence-electron chi connectivity index (χ3n) is 4.64. The number of fused-ring (bicyclic) bond motifs is 1. The lowest BCUT2D eigenvalue weighted by molar-refractivity contribution is -0.117. The monoisotopic (exact) mass is 469 g/mol. The molecule has 31 heavy (non-hydrogen) atoms. The normalized spacial score (nSPS) is 23.5. The molecule has 0 aromatic heterocycles. The van der Waals surface area contributed by atoms with E-state index >= 15 is 0 Å². The van der Waals surface area contributed by atoms with Crippen LogP contribution < -0.4 is 15.0 Å². The molecule has 0 radical (unpaired) electrons. The molecule has 0 unspecified atom stereocenters. The van der Waals surface area contributed by atoms with Crippen LogP contribution in [0.2, 0.25) is 0 Å². The molecule has 2 amide bonds. The van der Waals surface area contributed by atoms with Gasteiger partial charge in [-0.15, -0.1) is 0 Å². The number of nitrogens with one attached hydrogen (secondary N) is 1. The Labute approximate surface area is 186 Å². The predicted octanol–water partition coefficient (Wildman–Crippen LogP) is 2.21. The number of carbonyl (C=O) groups excluding carboxylic acids is 2. The first kappa shape index (κ1) is 23.4. The zero-order chi connectivity index (χ0) is 22.8. The molecule has 2 saturated heterocycles. The third-order valence-corrected chi connectivity index (χ3v) is 7.85. The number of benzene rings is 1. The fourth-order valence-corrected chi connectivity index (χ4v) is 7.29. The van der Waals surface area contributed by atoms with Crippen LogP contribution in [0, 0.1) is 0 Å². The lowest BCUT2D eigenvalue weighted by atomic mass is 10.2. The van der Waals surface area contributed by atoms with Crippen molar-refractivity contribution in [1.29, 1.82) is 0 Å². The molecule has 1 aromatic carbocycles. The summed E-state index contributed by atoms with van der Waals surface area (Å²) in [6.45, 7) is 5.36. The van der Waals surface area contributed by atoms with Gasteiger partial charge in [0.1, 0.15) is 11.4 Å². The topological polar surface area (TPSA) is 114 Å². The number of aliphatic imine (C=N–C) groups is 1. The van der Waals surface area contributed by atoms with Gasteiger partial charge in [0, 0.05) is 23.9 Å². The number of hydrogen-bond donors (Lipinski definition) is 1. The Morgan fingerprint density at radius 2 is 1.90 bits per heavy atom. The van der Waals surface area contributed by atoms with E-state index in [-0.39, 0.29) is 35.8 Å². The average Bonchev–Trinajstić information content (AvgIpc) is 3.11. The molecule has 11 heteroatoms. The number of rotatable bonds is 5. The van der Waals surface area contributed by atoms with Crippen LogP contribution in [0.15, 0.2) is 29.3 Å². The van der Waals surface area contributed by atoms with Gasteiger partial charge in [-0.05, 0) is 45.0 Å². The molecule has 9 nitrogen and oxygen atoms in total. The summed E-state index contributed by atoms with van der Waals surface area (Å²) >= 11 is 1.31. The van der Waals surface area contributed by atoms with Crippen LogP contribution >= 0.6 is 11.8 Å². The van der Waals surface area contributed by atoms with Crippen molar-refractivity contribution >= 4 is 44.5 Å². The molecule has 2 aliphatic heterocycles. The van der Waals surface area contributed by atoms with Crippen LogP contribution in [0.3, 0.4) is 0 Å². The average molecular weight is 470 g/mol. The number of carbonyl (C=O) groups is 2. The summed E-state index contributed by atoms with van der Waals surface area (Å²) in [6.07, 6.45) is -0.587. The number of anilines is 1. The van der Waals surface area contributed by atoms with E-state index in [9.17, 15) is 18.0 Å². The molecule has 2 fully saturated rings. The second kappa shape index (κ2) is 9.07. The molecule has 0 saturated carbocycles. The van der Waals surface area contributed by atoms with Crippen molar-refractivity contribution in [3.63, 3.8) is 0 Å². The van der Waals surface area contributed by atoms with Crippen molar-refractivity contribution in [3.05, 3.63) is 24.3 Å². The Morgan fingerprint density at radius 3 is 2.52 bits per heavy atom. The highest BCUT2D eigenvalue weighted by molar-refractivity contribution is 8.16. The molecular weight excluding hydrogens is 442 g/mol. The van der Waals surface area contributed by atoms with Gasteiger partial charge in [-0.2, -0.15) is 4.99 Å². The number of amidine groups is 1. The van der Waals surface area contributed by atoms with E-state index in [0.717, 1.165) is 5.69 Å². The SMILES string of the molecule is COc1ccc(N2C(=NC(=O)CCNC(=O)OC(C)(C)C)S[C@@H]3CS(=O)(=O)C[C@H]32)cc1. The van der Waals surface area contributed by atoms with Crippen LogP contribution in [0.4, 0.5) is 10.5 Å².